The summed E-state index contributed by atoms with van der Waals surface area (Å²) in [4.78, 5) is 8.80. The summed E-state index contributed by atoms with van der Waals surface area (Å²) in [6.07, 6.45) is 3.56. The zero-order valence-corrected chi connectivity index (χ0v) is 14.4. The molecule has 0 aliphatic carbocycles. The van der Waals surface area contributed by atoms with Crippen LogP contribution in [0.3, 0.4) is 0 Å². The topological polar surface area (TPSA) is 63.6 Å². The number of nitrogens with zero attached hydrogens (tertiary/aromatic N) is 4. The number of hydrogen-bond acceptors (Lipinski definition) is 6. The van der Waals surface area contributed by atoms with E-state index in [2.05, 4.69) is 38.0 Å². The third-order valence-corrected chi connectivity index (χ3v) is 4.55. The fraction of sp³-hybridized carbons (Fsp3) is 0.0526. The molecule has 1 aromatic carbocycles. The van der Waals surface area contributed by atoms with Crippen LogP contribution in [-0.4, -0.2) is 20.2 Å². The Hall–Kier alpha value is -3.12. The summed E-state index contributed by atoms with van der Waals surface area (Å²) in [6.45, 7) is 1.92. The molecule has 25 heavy (non-hydrogen) atoms. The third-order valence-electron chi connectivity index (χ3n) is 3.66. The van der Waals surface area contributed by atoms with Crippen LogP contribution < -0.4 is 5.32 Å². The molecule has 0 aliphatic heterocycles. The zero-order chi connectivity index (χ0) is 17.1. The minimum Gasteiger partial charge on any atom is -0.339 e. The van der Waals surface area contributed by atoms with Crippen molar-refractivity contribution in [2.24, 2.45) is 0 Å². The van der Waals surface area contributed by atoms with Gasteiger partial charge in [-0.05, 0) is 43.3 Å². The Kier molecular flexibility index (Phi) is 4.18. The van der Waals surface area contributed by atoms with Crippen LogP contribution in [0.4, 0.5) is 11.5 Å². The van der Waals surface area contributed by atoms with Crippen LogP contribution in [0.5, 0.6) is 0 Å². The molecule has 4 rings (SSSR count). The van der Waals surface area contributed by atoms with Crippen molar-refractivity contribution in [3.05, 3.63) is 72.0 Å². The molecule has 122 valence electrons. The second-order valence-corrected chi connectivity index (χ2v) is 6.40. The lowest BCUT2D eigenvalue weighted by Crippen LogP contribution is -1.96. The zero-order valence-electron chi connectivity index (χ0n) is 13.5. The van der Waals surface area contributed by atoms with E-state index in [1.165, 1.54) is 0 Å². The number of nitrogens with one attached hydrogen (secondary N) is 1. The number of anilines is 2. The molecule has 0 saturated carbocycles. The molecule has 3 heterocycles. The van der Waals surface area contributed by atoms with E-state index in [1.807, 2.05) is 43.3 Å². The van der Waals surface area contributed by atoms with Gasteiger partial charge >= 0.3 is 0 Å². The van der Waals surface area contributed by atoms with Crippen molar-refractivity contribution in [3.63, 3.8) is 0 Å². The molecule has 0 amide bonds. The molecule has 4 aromatic rings. The van der Waals surface area contributed by atoms with Crippen molar-refractivity contribution in [3.8, 4) is 21.8 Å². The molecular weight excluding hydrogens is 330 g/mol. The number of thiazole rings is 1. The van der Waals surface area contributed by atoms with E-state index >= 15 is 0 Å². The first kappa shape index (κ1) is 15.4. The molecule has 0 fully saturated rings. The first-order chi connectivity index (χ1) is 12.3. The average Bonchev–Trinajstić information content (AvgIpc) is 3.15. The van der Waals surface area contributed by atoms with E-state index in [-0.39, 0.29) is 0 Å². The molecular formula is C19H15N5S. The van der Waals surface area contributed by atoms with Gasteiger partial charge in [0.25, 0.3) is 0 Å². The SMILES string of the molecule is Cc1ccc(Nc2cccc(-c3csc(-c4ccncc4)n3)c2)nn1. The molecule has 0 radical (unpaired) electrons. The Bertz CT molecular complexity index is 980. The van der Waals surface area contributed by atoms with Gasteiger partial charge in [0.15, 0.2) is 5.82 Å². The van der Waals surface area contributed by atoms with E-state index in [0.29, 0.717) is 0 Å². The number of aryl methyl sites for hydroxylation is 1. The smallest absolute Gasteiger partial charge is 0.153 e. The maximum atomic E-state index is 4.75. The van der Waals surface area contributed by atoms with Gasteiger partial charge in [-0.1, -0.05) is 12.1 Å². The minimum absolute atomic E-state index is 0.721. The number of aromatic nitrogens is 4. The lowest BCUT2D eigenvalue weighted by atomic mass is 10.1. The van der Waals surface area contributed by atoms with Crippen LogP contribution in [0.1, 0.15) is 5.69 Å². The molecule has 3 aromatic heterocycles. The van der Waals surface area contributed by atoms with Gasteiger partial charge in [0, 0.05) is 34.6 Å². The van der Waals surface area contributed by atoms with Crippen LogP contribution in [0, 0.1) is 6.92 Å². The van der Waals surface area contributed by atoms with Crippen LogP contribution in [0.25, 0.3) is 21.8 Å². The molecule has 5 nitrogen and oxygen atoms in total. The van der Waals surface area contributed by atoms with Gasteiger partial charge in [0.05, 0.1) is 11.4 Å². The predicted octanol–water partition coefficient (Wildman–Crippen LogP) is 4.71. The van der Waals surface area contributed by atoms with Gasteiger partial charge in [-0.3, -0.25) is 4.98 Å². The van der Waals surface area contributed by atoms with Crippen LogP contribution in [0.2, 0.25) is 0 Å². The Morgan fingerprint density at radius 1 is 0.920 bits per heavy atom. The van der Waals surface area contributed by atoms with E-state index in [0.717, 1.165) is 39.0 Å². The van der Waals surface area contributed by atoms with Gasteiger partial charge in [0.2, 0.25) is 0 Å². The van der Waals surface area contributed by atoms with Crippen molar-refractivity contribution in [1.82, 2.24) is 20.2 Å². The highest BCUT2D eigenvalue weighted by Crippen LogP contribution is 2.30. The molecule has 0 bridgehead atoms. The Morgan fingerprint density at radius 3 is 2.60 bits per heavy atom. The fourth-order valence-electron chi connectivity index (χ4n) is 2.40. The molecule has 1 N–H and O–H groups in total. The van der Waals surface area contributed by atoms with Gasteiger partial charge < -0.3 is 5.32 Å². The Balaban J connectivity index is 1.59. The standard InChI is InChI=1S/C19H15N5S/c1-13-5-6-18(24-23-13)21-16-4-2-3-15(11-16)17-12-25-19(22-17)14-7-9-20-10-8-14/h2-12H,1H3,(H,21,24). The van der Waals surface area contributed by atoms with E-state index in [9.17, 15) is 0 Å². The maximum Gasteiger partial charge on any atom is 0.153 e. The van der Waals surface area contributed by atoms with Crippen molar-refractivity contribution in [2.45, 2.75) is 6.92 Å². The predicted molar refractivity (Wildman–Crippen MR) is 101 cm³/mol. The highest BCUT2D eigenvalue weighted by atomic mass is 32.1. The monoisotopic (exact) mass is 345 g/mol. The summed E-state index contributed by atoms with van der Waals surface area (Å²) >= 11 is 1.63. The molecule has 0 saturated heterocycles. The number of benzene rings is 1. The van der Waals surface area contributed by atoms with Gasteiger partial charge in [-0.2, -0.15) is 5.10 Å². The van der Waals surface area contributed by atoms with Crippen molar-refractivity contribution in [1.29, 1.82) is 0 Å². The lowest BCUT2D eigenvalue weighted by molar-refractivity contribution is 0.986. The van der Waals surface area contributed by atoms with Gasteiger partial charge in [-0.25, -0.2) is 4.98 Å². The first-order valence-electron chi connectivity index (χ1n) is 7.82. The fourth-order valence-corrected chi connectivity index (χ4v) is 3.24. The molecule has 0 aliphatic rings. The lowest BCUT2D eigenvalue weighted by Gasteiger charge is -2.06. The molecule has 6 heteroatoms. The quantitative estimate of drug-likeness (QED) is 0.580. The van der Waals surface area contributed by atoms with Crippen LogP contribution in [-0.2, 0) is 0 Å². The first-order valence-corrected chi connectivity index (χ1v) is 8.70. The number of pyridine rings is 1. The maximum absolute atomic E-state index is 4.75. The highest BCUT2D eigenvalue weighted by Gasteiger charge is 2.07. The van der Waals surface area contributed by atoms with Crippen molar-refractivity contribution >= 4 is 22.8 Å². The summed E-state index contributed by atoms with van der Waals surface area (Å²) in [5, 5.41) is 14.5. The summed E-state index contributed by atoms with van der Waals surface area (Å²) < 4.78 is 0. The molecule has 0 unspecified atom stereocenters. The van der Waals surface area contributed by atoms with E-state index in [1.54, 1.807) is 23.7 Å². The number of rotatable bonds is 4. The summed E-state index contributed by atoms with van der Waals surface area (Å²) in [5.74, 6) is 0.721. The largest absolute Gasteiger partial charge is 0.339 e. The summed E-state index contributed by atoms with van der Waals surface area (Å²) in [5.41, 5.74) is 4.94. The normalized spacial score (nSPS) is 10.6. The summed E-state index contributed by atoms with van der Waals surface area (Å²) in [6, 6.07) is 15.9. The Labute approximate surface area is 149 Å². The molecule has 0 spiro atoms. The third kappa shape index (κ3) is 3.54. The average molecular weight is 345 g/mol. The Morgan fingerprint density at radius 2 is 1.80 bits per heavy atom. The van der Waals surface area contributed by atoms with Crippen molar-refractivity contribution < 1.29 is 0 Å². The van der Waals surface area contributed by atoms with Gasteiger partial charge in [0.1, 0.15) is 5.01 Å². The highest BCUT2D eigenvalue weighted by molar-refractivity contribution is 7.13. The van der Waals surface area contributed by atoms with Crippen LogP contribution >= 0.6 is 11.3 Å². The number of hydrogen-bond donors (Lipinski definition) is 1. The summed E-state index contributed by atoms with van der Waals surface area (Å²) in [7, 11) is 0. The minimum atomic E-state index is 0.721. The van der Waals surface area contributed by atoms with Crippen LogP contribution in [0.15, 0.2) is 66.3 Å². The second kappa shape index (κ2) is 6.78. The second-order valence-electron chi connectivity index (χ2n) is 5.54. The van der Waals surface area contributed by atoms with E-state index in [4.69, 9.17) is 4.98 Å². The van der Waals surface area contributed by atoms with Crippen molar-refractivity contribution in [2.75, 3.05) is 5.32 Å². The van der Waals surface area contributed by atoms with E-state index < -0.39 is 0 Å². The molecule has 0 atom stereocenters. The van der Waals surface area contributed by atoms with Gasteiger partial charge in [-0.15, -0.1) is 16.4 Å².